The maximum atomic E-state index is 15.5. The van der Waals surface area contributed by atoms with E-state index >= 15 is 38.4 Å². The number of amides is 15. The van der Waals surface area contributed by atoms with Crippen molar-refractivity contribution in [2.45, 2.75) is 178 Å². The van der Waals surface area contributed by atoms with Crippen LogP contribution in [0.25, 0.3) is 10.9 Å². The van der Waals surface area contributed by atoms with Gasteiger partial charge in [0.25, 0.3) is 0 Å². The number of carbonyl (C=O) groups is 16. The normalized spacial score (nSPS) is 21.8. The number of primary amides is 1. The number of carboxylic acid groups (broad SMARTS) is 1. The van der Waals surface area contributed by atoms with E-state index in [-0.39, 0.29) is 69.6 Å². The van der Waals surface area contributed by atoms with Crippen molar-refractivity contribution in [3.8, 4) is 5.75 Å². The van der Waals surface area contributed by atoms with Crippen molar-refractivity contribution >= 4 is 117 Å². The minimum absolute atomic E-state index is 0.00288. The Balaban J connectivity index is 1.22. The molecule has 35 nitrogen and oxygen atoms in total. The van der Waals surface area contributed by atoms with Gasteiger partial charge in [-0.1, -0.05) is 175 Å². The highest BCUT2D eigenvalue weighted by Gasteiger charge is 2.42. The summed E-state index contributed by atoms with van der Waals surface area (Å²) in [5.74, 6) is -18.3. The van der Waals surface area contributed by atoms with E-state index in [1.54, 1.807) is 143 Å². The SMILES string of the molecule is CCCC[C@H]1C(=O)N(C)CC(=O)N[C@@H](CC(=O)O)C(=O)N[C@@H](C(C)C)C(=O)N(C)[C@@H](Cc2ccccc2)C(=O)N[C@@H](Cc2ccc(CN)cc2)C(=O)N(C)CC(=O)N[C@@H](Cc2c[nH]c3ccccc23)C(=O)N[C@@H](Cc2ccc(O)cc2)C(=O)N[C@@H](CC(C)C)C(=O)N[C@H](C(=O)NCC(N)=O)CSCC(=O)N[C@@H](Cc2ccc(F)cc2)C(=O)N(C)[C@@H](Cc2ccccc2)C(=O)N1C. The van der Waals surface area contributed by atoms with E-state index in [0.29, 0.717) is 57.1 Å². The summed E-state index contributed by atoms with van der Waals surface area (Å²) in [6, 6.07) is 24.5. The number of thioether (sulfide) groups is 1. The number of hydrogen-bond acceptors (Lipinski definition) is 19. The second-order valence-corrected chi connectivity index (χ2v) is 34.6. The number of aromatic nitrogens is 1. The molecular weight excluding hydrogens is 1710 g/mol. The molecule has 6 aromatic carbocycles. The highest BCUT2D eigenvalue weighted by atomic mass is 32.2. The summed E-state index contributed by atoms with van der Waals surface area (Å²) in [5, 5.41) is 45.2. The van der Waals surface area contributed by atoms with Crippen molar-refractivity contribution in [1.82, 2.24) is 77.3 Å². The number of aliphatic carboxylic acids is 1. The first-order valence-corrected chi connectivity index (χ1v) is 44.5. The van der Waals surface area contributed by atoms with Crippen molar-refractivity contribution < 1.29 is 91.3 Å². The fraction of sp³-hybridized carbons (Fsp3) is 0.426. The lowest BCUT2D eigenvalue weighted by molar-refractivity contribution is -0.151. The predicted molar refractivity (Wildman–Crippen MR) is 488 cm³/mol. The quantitative estimate of drug-likeness (QED) is 0.0412. The number of rotatable bonds is 24. The molecule has 1 saturated heterocycles. The summed E-state index contributed by atoms with van der Waals surface area (Å²) in [6.07, 6.45) is -0.141. The number of carboxylic acids is 1. The molecule has 7 aromatic rings. The maximum absolute atomic E-state index is 15.5. The van der Waals surface area contributed by atoms with Crippen LogP contribution >= 0.6 is 11.8 Å². The zero-order chi connectivity index (χ0) is 95.9. The largest absolute Gasteiger partial charge is 0.508 e. The van der Waals surface area contributed by atoms with Gasteiger partial charge in [-0.2, -0.15) is 0 Å². The lowest BCUT2D eigenvalue weighted by Crippen LogP contribution is -2.61. The van der Waals surface area contributed by atoms with Crippen LogP contribution in [0.15, 0.2) is 164 Å². The topological polar surface area (TPSA) is 506 Å². The first kappa shape index (κ1) is 103. The molecule has 702 valence electrons. The van der Waals surface area contributed by atoms with Crippen LogP contribution in [0.4, 0.5) is 4.39 Å². The smallest absolute Gasteiger partial charge is 0.305 e. The number of aromatic hydroxyl groups is 1. The molecule has 0 spiro atoms. The molecule has 1 aliphatic heterocycles. The Morgan fingerprint density at radius 3 is 1.52 bits per heavy atom. The molecule has 131 heavy (non-hydrogen) atoms. The number of nitrogens with two attached hydrogens (primary N) is 2. The van der Waals surface area contributed by atoms with Gasteiger partial charge in [0.2, 0.25) is 88.6 Å². The van der Waals surface area contributed by atoms with Crippen LogP contribution in [0.2, 0.25) is 0 Å². The highest BCUT2D eigenvalue weighted by Crippen LogP contribution is 2.25. The third-order valence-corrected chi connectivity index (χ3v) is 23.5. The van der Waals surface area contributed by atoms with Crippen LogP contribution in [0.3, 0.4) is 0 Å². The fourth-order valence-electron chi connectivity index (χ4n) is 15.1. The number of nitrogens with zero attached hydrogens (tertiary/aromatic N) is 5. The second-order valence-electron chi connectivity index (χ2n) is 33.6. The average Bonchev–Trinajstić information content (AvgIpc) is 1.80. The van der Waals surface area contributed by atoms with Crippen molar-refractivity contribution in [1.29, 1.82) is 0 Å². The summed E-state index contributed by atoms with van der Waals surface area (Å²) >= 11 is 0.786. The molecule has 37 heteroatoms. The summed E-state index contributed by atoms with van der Waals surface area (Å²) in [7, 11) is 6.47. The first-order chi connectivity index (χ1) is 62.3. The van der Waals surface area contributed by atoms with Gasteiger partial charge in [0.1, 0.15) is 78.0 Å². The molecule has 0 radical (unpaired) electrons. The van der Waals surface area contributed by atoms with Crippen LogP contribution < -0.4 is 59.3 Å². The lowest BCUT2D eigenvalue weighted by Gasteiger charge is -2.37. The molecule has 0 bridgehead atoms. The molecule has 0 unspecified atom stereocenters. The van der Waals surface area contributed by atoms with Crippen molar-refractivity contribution in [2.24, 2.45) is 23.3 Å². The number of hydrogen-bond donors (Lipinski definition) is 14. The number of aromatic amines is 1. The standard InChI is InChI=1S/C94H120FN17O18S/c1-11-12-27-75-92(128)109(7)52-80(116)101-71(47-82(118)119)88(124)107-83(56(4)5)94(130)111(9)76(44-57-21-15-13-16-22-57)89(125)105-72(42-59-28-30-62(48-96)31-29-59)90(126)108(6)51-79(115)100-70(46-63-49-98-67-26-20-19-25-66(63)67)87(123)104-69(41-61-34-38-65(113)39-35-61)86(122)103-68(40-55(2)3)85(121)106-74(84(120)99-50-78(97)114)53-131-54-81(117)102-73(43-60-32-36-64(95)37-33-60)91(127)112(10)77(93(129)110(75)8)45-58-23-17-14-18-24-58/h13-26,28-39,49,55-56,68-77,83,98,113H,11-12,27,40-48,50-54,96H2,1-10H3,(H2,97,114)(H,99,120)(H,100,115)(H,101,116)(H,102,117)(H,103,122)(H,104,123)(H,105,125)(H,106,121)(H,107,124)(H,118,119)/t68-,69-,70-,71-,72-,73-,74-,75-,76-,77-,83-/m0/s1. The number of H-pyrrole nitrogens is 1. The number of carbonyl (C=O) groups excluding carboxylic acids is 15. The molecule has 1 aromatic heterocycles. The Labute approximate surface area is 764 Å². The van der Waals surface area contributed by atoms with Crippen molar-refractivity contribution in [3.63, 3.8) is 0 Å². The Kier molecular flexibility index (Phi) is 39.1. The lowest BCUT2D eigenvalue weighted by atomic mass is 9.98. The predicted octanol–water partition coefficient (Wildman–Crippen LogP) is 2.22. The summed E-state index contributed by atoms with van der Waals surface area (Å²) in [5.41, 5.74) is 15.7. The third-order valence-electron chi connectivity index (χ3n) is 22.5. The Morgan fingerprint density at radius 1 is 0.489 bits per heavy atom. The van der Waals surface area contributed by atoms with Gasteiger partial charge in [0.05, 0.1) is 31.8 Å². The van der Waals surface area contributed by atoms with Crippen LogP contribution in [0, 0.1) is 17.7 Å². The summed E-state index contributed by atoms with van der Waals surface area (Å²) in [6.45, 7) is 6.27. The van der Waals surface area contributed by atoms with Gasteiger partial charge in [0.15, 0.2) is 0 Å². The molecule has 15 amide bonds. The first-order valence-electron chi connectivity index (χ1n) is 43.3. The average molecular weight is 1830 g/mol. The summed E-state index contributed by atoms with van der Waals surface area (Å²) < 4.78 is 14.6. The Morgan fingerprint density at radius 2 is 0.954 bits per heavy atom. The molecule has 0 saturated carbocycles. The number of fused-ring (bicyclic) bond motifs is 1. The van der Waals surface area contributed by atoms with E-state index in [1.807, 2.05) is 6.92 Å². The number of nitrogens with one attached hydrogen (secondary N) is 10. The van der Waals surface area contributed by atoms with Crippen LogP contribution in [-0.4, -0.2) is 267 Å². The van der Waals surface area contributed by atoms with Gasteiger partial charge in [-0.05, 0) is 94.0 Å². The van der Waals surface area contributed by atoms with Gasteiger partial charge < -0.3 is 99.0 Å². The third kappa shape index (κ3) is 31.1. The molecule has 2 heterocycles. The van der Waals surface area contributed by atoms with E-state index < -0.39 is 210 Å². The molecule has 0 aliphatic carbocycles. The van der Waals surface area contributed by atoms with Gasteiger partial charge in [-0.15, -0.1) is 11.8 Å². The maximum Gasteiger partial charge on any atom is 0.305 e. The van der Waals surface area contributed by atoms with Crippen LogP contribution in [-0.2, 0) is 122 Å². The van der Waals surface area contributed by atoms with Gasteiger partial charge in [-0.3, -0.25) is 76.7 Å². The molecule has 11 atom stereocenters. The summed E-state index contributed by atoms with van der Waals surface area (Å²) in [4.78, 5) is 244. The van der Waals surface area contributed by atoms with E-state index in [2.05, 4.69) is 52.8 Å². The number of para-hydroxylation sites is 1. The number of likely N-dealkylation sites (N-methyl/N-ethyl adjacent to an activating group) is 5. The van der Waals surface area contributed by atoms with Crippen LogP contribution in [0.1, 0.15) is 106 Å². The van der Waals surface area contributed by atoms with E-state index in [4.69, 9.17) is 11.5 Å². The minimum atomic E-state index is -1.92. The Bertz CT molecular complexity index is 5150. The molecular formula is C94H120FN17O18S. The number of unbranched alkanes of at least 4 members (excludes halogenated alkanes) is 1. The zero-order valence-electron chi connectivity index (χ0n) is 75.2. The zero-order valence-corrected chi connectivity index (χ0v) is 76.0. The molecule has 16 N–H and O–H groups in total. The number of phenols is 1. The second kappa shape index (κ2) is 49.8. The highest BCUT2D eigenvalue weighted by molar-refractivity contribution is 8.00. The van der Waals surface area contributed by atoms with Gasteiger partial charge in [-0.25, -0.2) is 4.39 Å². The van der Waals surface area contributed by atoms with E-state index in [0.717, 1.165) is 54.0 Å². The van der Waals surface area contributed by atoms with E-state index in [1.165, 1.54) is 71.6 Å². The Hall–Kier alpha value is -13.6. The molecule has 1 fully saturated rings. The van der Waals surface area contributed by atoms with Gasteiger partial charge in [0, 0.05) is 103 Å². The van der Waals surface area contributed by atoms with E-state index in [9.17, 15) is 53.0 Å². The number of phenolic OH excluding ortho intramolecular Hbond substituents is 1. The van der Waals surface area contributed by atoms with Crippen LogP contribution in [0.5, 0.6) is 5.75 Å². The van der Waals surface area contributed by atoms with Crippen molar-refractivity contribution in [3.05, 3.63) is 209 Å². The van der Waals surface area contributed by atoms with Crippen molar-refractivity contribution in [2.75, 3.05) is 66.4 Å². The molecule has 1 aliphatic rings. The fourth-order valence-corrected chi connectivity index (χ4v) is 16.0. The number of benzene rings is 6. The monoisotopic (exact) mass is 1830 g/mol. The minimum Gasteiger partial charge on any atom is -0.508 e. The van der Waals surface area contributed by atoms with Gasteiger partial charge >= 0.3 is 5.97 Å². The number of halogens is 1. The molecule has 8 rings (SSSR count).